The van der Waals surface area contributed by atoms with Gasteiger partial charge in [0.25, 0.3) is 0 Å². The van der Waals surface area contributed by atoms with Crippen molar-refractivity contribution < 1.29 is 33.3 Å². The van der Waals surface area contributed by atoms with Gasteiger partial charge in [-0.15, -0.1) is 5.10 Å². The standard InChI is InChI=1S/C32H34F2N6O5S/c1-2-14-46-32-36-30(35-23-16-20(23)19-9-10-21(33)22(34)15-19)27-31(37-32)40(39-38-27)24-17-25(29(43)28(24)42)44-12-13-45-26(41)11-8-18-6-4-3-5-7-18/h3-11,15,20,23-25,28-29,42-43H,2,12-14,16-17H2,1H3,(H,35,36,37)/b11-8+/t20-,23+,24+,25-,28-,29+/m0/s1. The molecule has 6 rings (SSSR count). The van der Waals surface area contributed by atoms with Gasteiger partial charge >= 0.3 is 5.97 Å². The third-order valence-corrected chi connectivity index (χ3v) is 9.06. The van der Waals surface area contributed by atoms with E-state index in [4.69, 9.17) is 9.47 Å². The van der Waals surface area contributed by atoms with Crippen LogP contribution in [0.2, 0.25) is 0 Å². The smallest absolute Gasteiger partial charge is 0.330 e. The van der Waals surface area contributed by atoms with Crippen LogP contribution in [0, 0.1) is 11.6 Å². The molecule has 6 atom stereocenters. The summed E-state index contributed by atoms with van der Waals surface area (Å²) in [6.07, 6.45) is 1.63. The Bertz CT molecular complexity index is 1710. The lowest BCUT2D eigenvalue weighted by atomic mass is 10.1. The number of esters is 1. The van der Waals surface area contributed by atoms with Gasteiger partial charge in [0.15, 0.2) is 33.8 Å². The zero-order valence-corrected chi connectivity index (χ0v) is 25.8. The Morgan fingerprint density at radius 3 is 2.70 bits per heavy atom. The molecule has 2 heterocycles. The van der Waals surface area contributed by atoms with Crippen molar-refractivity contribution in [1.29, 1.82) is 0 Å². The molecule has 242 valence electrons. The molecule has 3 N–H and O–H groups in total. The Balaban J connectivity index is 1.12. The number of fused-ring (bicyclic) bond motifs is 1. The monoisotopic (exact) mass is 652 g/mol. The van der Waals surface area contributed by atoms with Crippen LogP contribution in [-0.2, 0) is 14.3 Å². The molecule has 2 aromatic carbocycles. The third-order valence-electron chi connectivity index (χ3n) is 8.01. The number of hydrogen-bond donors (Lipinski definition) is 3. The van der Waals surface area contributed by atoms with Gasteiger partial charge in [-0.1, -0.05) is 60.3 Å². The zero-order valence-electron chi connectivity index (χ0n) is 25.0. The van der Waals surface area contributed by atoms with Gasteiger partial charge in [0.05, 0.1) is 18.8 Å². The van der Waals surface area contributed by atoms with Crippen LogP contribution in [0.3, 0.4) is 0 Å². The van der Waals surface area contributed by atoms with Gasteiger partial charge in [-0.3, -0.25) is 0 Å². The maximum absolute atomic E-state index is 13.8. The molecule has 2 fully saturated rings. The molecule has 46 heavy (non-hydrogen) atoms. The van der Waals surface area contributed by atoms with Crippen LogP contribution in [0.5, 0.6) is 0 Å². The Morgan fingerprint density at radius 1 is 1.09 bits per heavy atom. The molecule has 2 aliphatic rings. The normalized spacial score (nSPS) is 24.1. The van der Waals surface area contributed by atoms with Crippen LogP contribution in [0.1, 0.15) is 49.3 Å². The molecule has 0 unspecified atom stereocenters. The summed E-state index contributed by atoms with van der Waals surface area (Å²) in [5.74, 6) is -1.08. The Hall–Kier alpha value is -3.98. The number of aliphatic hydroxyl groups is 2. The van der Waals surface area contributed by atoms with E-state index in [0.717, 1.165) is 23.8 Å². The minimum atomic E-state index is -1.22. The average Bonchev–Trinajstić information content (AvgIpc) is 3.61. The van der Waals surface area contributed by atoms with Crippen molar-refractivity contribution in [2.24, 2.45) is 0 Å². The van der Waals surface area contributed by atoms with E-state index >= 15 is 0 Å². The first kappa shape index (κ1) is 32.0. The summed E-state index contributed by atoms with van der Waals surface area (Å²) >= 11 is 1.47. The number of nitrogens with zero attached hydrogens (tertiary/aromatic N) is 5. The highest BCUT2D eigenvalue weighted by molar-refractivity contribution is 7.99. The second kappa shape index (κ2) is 14.2. The van der Waals surface area contributed by atoms with Gasteiger partial charge in [-0.2, -0.15) is 0 Å². The lowest BCUT2D eigenvalue weighted by molar-refractivity contribution is -0.140. The molecule has 0 amide bonds. The maximum atomic E-state index is 13.8. The lowest BCUT2D eigenvalue weighted by Crippen LogP contribution is -2.33. The number of rotatable bonds is 13. The van der Waals surface area contributed by atoms with Gasteiger partial charge in [0.2, 0.25) is 0 Å². The summed E-state index contributed by atoms with van der Waals surface area (Å²) in [5.41, 5.74) is 2.34. The van der Waals surface area contributed by atoms with E-state index in [9.17, 15) is 23.8 Å². The number of ether oxygens (including phenoxy) is 2. The largest absolute Gasteiger partial charge is 0.460 e. The van der Waals surface area contributed by atoms with E-state index in [0.29, 0.717) is 34.1 Å². The predicted molar refractivity (Wildman–Crippen MR) is 167 cm³/mol. The van der Waals surface area contributed by atoms with Crippen LogP contribution < -0.4 is 5.32 Å². The second-order valence-electron chi connectivity index (χ2n) is 11.3. The zero-order chi connectivity index (χ0) is 32.2. The number of nitrogens with one attached hydrogen (secondary N) is 1. The predicted octanol–water partition coefficient (Wildman–Crippen LogP) is 4.28. The number of halogens is 2. The SMILES string of the molecule is CCCSc1nc(N[C@@H]2C[C@H]2c2ccc(F)c(F)c2)c2nnn([C@@H]3C[C@H](OCCOC(=O)/C=C/c4ccccc4)[C@@H](O)[C@H]3O)c2n1. The molecule has 0 saturated heterocycles. The van der Waals surface area contributed by atoms with Gasteiger partial charge in [0, 0.05) is 30.2 Å². The van der Waals surface area contributed by atoms with E-state index in [1.807, 2.05) is 37.3 Å². The number of aromatic nitrogens is 5. The number of aliphatic hydroxyl groups excluding tert-OH is 2. The molecule has 4 aromatic rings. The van der Waals surface area contributed by atoms with Gasteiger partial charge in [-0.05, 0) is 42.2 Å². The summed E-state index contributed by atoms with van der Waals surface area (Å²) in [5, 5.41) is 34.2. The quantitative estimate of drug-likeness (QED) is 0.0626. The van der Waals surface area contributed by atoms with Crippen LogP contribution in [0.15, 0.2) is 59.8 Å². The first-order chi connectivity index (χ1) is 22.3. The number of anilines is 1. The number of carbonyl (C=O) groups is 1. The van der Waals surface area contributed by atoms with Crippen molar-refractivity contribution in [2.75, 3.05) is 24.3 Å². The summed E-state index contributed by atoms with van der Waals surface area (Å²) in [7, 11) is 0. The molecule has 11 nitrogen and oxygen atoms in total. The minimum absolute atomic E-state index is 0.0224. The topological polar surface area (TPSA) is 145 Å². The number of thioether (sulfide) groups is 1. The summed E-state index contributed by atoms with van der Waals surface area (Å²) < 4.78 is 39.8. The lowest BCUT2D eigenvalue weighted by Gasteiger charge is -2.17. The molecule has 2 aliphatic carbocycles. The van der Waals surface area contributed by atoms with Crippen LogP contribution >= 0.6 is 11.8 Å². The fourth-order valence-electron chi connectivity index (χ4n) is 5.53. The number of benzene rings is 2. The molecular weight excluding hydrogens is 618 g/mol. The molecule has 2 saturated carbocycles. The molecule has 0 aliphatic heterocycles. The van der Waals surface area contributed by atoms with E-state index in [1.54, 1.807) is 12.1 Å². The number of carbonyl (C=O) groups excluding carboxylic acids is 1. The van der Waals surface area contributed by atoms with Crippen molar-refractivity contribution in [3.8, 4) is 0 Å². The van der Waals surface area contributed by atoms with Gasteiger partial charge in [0.1, 0.15) is 18.8 Å². The van der Waals surface area contributed by atoms with Gasteiger partial charge < -0.3 is 25.0 Å². The van der Waals surface area contributed by atoms with Crippen molar-refractivity contribution in [1.82, 2.24) is 25.0 Å². The van der Waals surface area contributed by atoms with Crippen LogP contribution in [-0.4, -0.2) is 84.5 Å². The first-order valence-corrected chi connectivity index (χ1v) is 16.2. The highest BCUT2D eigenvalue weighted by atomic mass is 32.2. The molecule has 0 radical (unpaired) electrons. The summed E-state index contributed by atoms with van der Waals surface area (Å²) in [4.78, 5) is 21.4. The van der Waals surface area contributed by atoms with Crippen molar-refractivity contribution in [3.63, 3.8) is 0 Å². The third kappa shape index (κ3) is 7.20. The molecule has 2 aromatic heterocycles. The summed E-state index contributed by atoms with van der Waals surface area (Å²) in [6.45, 7) is 2.05. The van der Waals surface area contributed by atoms with E-state index in [2.05, 4.69) is 25.6 Å². The Labute approximate surface area is 268 Å². The van der Waals surface area contributed by atoms with Crippen LogP contribution in [0.25, 0.3) is 17.2 Å². The van der Waals surface area contributed by atoms with Crippen molar-refractivity contribution in [3.05, 3.63) is 77.4 Å². The Kier molecular flexibility index (Phi) is 9.87. The minimum Gasteiger partial charge on any atom is -0.460 e. The van der Waals surface area contributed by atoms with E-state index in [1.165, 1.54) is 28.6 Å². The fourth-order valence-corrected chi connectivity index (χ4v) is 6.22. The fraction of sp³-hybridized carbons (Fsp3) is 0.406. The summed E-state index contributed by atoms with van der Waals surface area (Å²) in [6, 6.07) is 12.5. The van der Waals surface area contributed by atoms with E-state index in [-0.39, 0.29) is 31.6 Å². The highest BCUT2D eigenvalue weighted by Gasteiger charge is 2.45. The van der Waals surface area contributed by atoms with E-state index < -0.39 is 42.0 Å². The molecule has 14 heteroatoms. The molecular formula is C32H34F2N6O5S. The maximum Gasteiger partial charge on any atom is 0.330 e. The van der Waals surface area contributed by atoms with Gasteiger partial charge in [-0.25, -0.2) is 28.2 Å². The first-order valence-electron chi connectivity index (χ1n) is 15.2. The molecule has 0 bridgehead atoms. The van der Waals surface area contributed by atoms with Crippen LogP contribution in [0.4, 0.5) is 14.6 Å². The van der Waals surface area contributed by atoms with Crippen molar-refractivity contribution in [2.45, 2.75) is 67.7 Å². The Morgan fingerprint density at radius 2 is 1.91 bits per heavy atom. The second-order valence-corrected chi connectivity index (χ2v) is 12.3. The highest BCUT2D eigenvalue weighted by Crippen LogP contribution is 2.44. The molecule has 0 spiro atoms. The average molecular weight is 653 g/mol. The van der Waals surface area contributed by atoms with Crippen molar-refractivity contribution >= 4 is 40.8 Å². The number of hydrogen-bond acceptors (Lipinski definition) is 11.